The highest BCUT2D eigenvalue weighted by molar-refractivity contribution is 7.13. The number of primary amides is 1. The number of rotatable bonds is 4. The van der Waals surface area contributed by atoms with E-state index in [1.54, 1.807) is 30.5 Å². The van der Waals surface area contributed by atoms with Crippen LogP contribution in [0.3, 0.4) is 0 Å². The summed E-state index contributed by atoms with van der Waals surface area (Å²) < 4.78 is 0. The largest absolute Gasteiger partial charge is 0.366 e. The molecule has 0 aliphatic carbocycles. The standard InChI is InChI=1S/C16H19N3O2S/c1-16(2,3)15-19-9-12(22-15)14(21)18-8-10-4-6-11(7-5-10)13(17)20/h4-7,9H,8H2,1-3H3,(H2,17,20)(H,18,21). The summed E-state index contributed by atoms with van der Waals surface area (Å²) >= 11 is 1.41. The fourth-order valence-electron chi connectivity index (χ4n) is 1.78. The summed E-state index contributed by atoms with van der Waals surface area (Å²) in [6.07, 6.45) is 1.61. The average molecular weight is 317 g/mol. The molecule has 0 bridgehead atoms. The molecule has 2 aromatic rings. The molecule has 1 heterocycles. The first kappa shape index (κ1) is 16.2. The minimum Gasteiger partial charge on any atom is -0.366 e. The Bertz CT molecular complexity index is 684. The molecule has 6 heteroatoms. The molecule has 0 aliphatic heterocycles. The first-order valence-corrected chi connectivity index (χ1v) is 7.72. The molecule has 22 heavy (non-hydrogen) atoms. The van der Waals surface area contributed by atoms with Crippen molar-refractivity contribution in [3.8, 4) is 0 Å². The van der Waals surface area contributed by atoms with Gasteiger partial charge in [0.1, 0.15) is 4.88 Å². The first-order valence-electron chi connectivity index (χ1n) is 6.90. The van der Waals surface area contributed by atoms with Crippen LogP contribution in [0.5, 0.6) is 0 Å². The van der Waals surface area contributed by atoms with Crippen LogP contribution in [0.15, 0.2) is 30.5 Å². The van der Waals surface area contributed by atoms with Gasteiger partial charge in [-0.3, -0.25) is 9.59 Å². The number of carbonyl (C=O) groups is 2. The molecule has 0 radical (unpaired) electrons. The lowest BCUT2D eigenvalue weighted by atomic mass is 9.98. The molecule has 0 fully saturated rings. The lowest BCUT2D eigenvalue weighted by Crippen LogP contribution is -2.22. The highest BCUT2D eigenvalue weighted by Gasteiger charge is 2.20. The van der Waals surface area contributed by atoms with E-state index in [9.17, 15) is 9.59 Å². The Hall–Kier alpha value is -2.21. The molecule has 2 rings (SSSR count). The van der Waals surface area contributed by atoms with Crippen molar-refractivity contribution in [3.63, 3.8) is 0 Å². The molecule has 0 atom stereocenters. The Kier molecular flexibility index (Phi) is 4.61. The van der Waals surface area contributed by atoms with Crippen molar-refractivity contribution in [1.82, 2.24) is 10.3 Å². The van der Waals surface area contributed by atoms with E-state index in [-0.39, 0.29) is 11.3 Å². The molecule has 0 unspecified atom stereocenters. The van der Waals surface area contributed by atoms with Gasteiger partial charge in [-0.2, -0.15) is 0 Å². The molecular formula is C16H19N3O2S. The third-order valence-electron chi connectivity index (χ3n) is 3.06. The summed E-state index contributed by atoms with van der Waals surface area (Å²) in [5.41, 5.74) is 6.48. The molecule has 0 aliphatic rings. The second kappa shape index (κ2) is 6.27. The van der Waals surface area contributed by atoms with Crippen LogP contribution in [-0.2, 0) is 12.0 Å². The van der Waals surface area contributed by atoms with Crippen molar-refractivity contribution in [2.45, 2.75) is 32.7 Å². The zero-order chi connectivity index (χ0) is 16.3. The molecule has 5 nitrogen and oxygen atoms in total. The lowest BCUT2D eigenvalue weighted by molar-refractivity contribution is 0.0953. The molecule has 1 aromatic carbocycles. The van der Waals surface area contributed by atoms with Crippen LogP contribution in [0.25, 0.3) is 0 Å². The summed E-state index contributed by atoms with van der Waals surface area (Å²) in [6.45, 7) is 6.58. The van der Waals surface area contributed by atoms with Gasteiger partial charge in [0.25, 0.3) is 5.91 Å². The normalized spacial score (nSPS) is 11.2. The van der Waals surface area contributed by atoms with Crippen molar-refractivity contribution < 1.29 is 9.59 Å². The van der Waals surface area contributed by atoms with Crippen molar-refractivity contribution in [2.75, 3.05) is 0 Å². The Morgan fingerprint density at radius 3 is 2.36 bits per heavy atom. The van der Waals surface area contributed by atoms with Crippen molar-refractivity contribution in [2.24, 2.45) is 5.73 Å². The number of nitrogens with two attached hydrogens (primary N) is 1. The van der Waals surface area contributed by atoms with Gasteiger partial charge in [0.2, 0.25) is 5.91 Å². The topological polar surface area (TPSA) is 85.1 Å². The zero-order valence-electron chi connectivity index (χ0n) is 12.8. The number of amides is 2. The van der Waals surface area contributed by atoms with Crippen LogP contribution >= 0.6 is 11.3 Å². The van der Waals surface area contributed by atoms with Crippen LogP contribution in [0.4, 0.5) is 0 Å². The Morgan fingerprint density at radius 1 is 1.23 bits per heavy atom. The third-order valence-corrected chi connectivity index (χ3v) is 4.48. The number of benzene rings is 1. The van der Waals surface area contributed by atoms with Gasteiger partial charge in [-0.1, -0.05) is 32.9 Å². The number of hydrogen-bond donors (Lipinski definition) is 2. The highest BCUT2D eigenvalue weighted by atomic mass is 32.1. The van der Waals surface area contributed by atoms with Gasteiger partial charge in [0.15, 0.2) is 0 Å². The van der Waals surface area contributed by atoms with Gasteiger partial charge in [0.05, 0.1) is 11.2 Å². The van der Waals surface area contributed by atoms with E-state index in [1.807, 2.05) is 0 Å². The maximum atomic E-state index is 12.1. The molecule has 2 amide bonds. The van der Waals surface area contributed by atoms with E-state index >= 15 is 0 Å². The molecule has 1 aromatic heterocycles. The van der Waals surface area contributed by atoms with Gasteiger partial charge in [-0.05, 0) is 17.7 Å². The number of thiazole rings is 1. The van der Waals surface area contributed by atoms with Gasteiger partial charge in [-0.15, -0.1) is 11.3 Å². The summed E-state index contributed by atoms with van der Waals surface area (Å²) in [7, 11) is 0. The minimum absolute atomic E-state index is 0.0617. The number of carbonyl (C=O) groups excluding carboxylic acids is 2. The van der Waals surface area contributed by atoms with Crippen LogP contribution in [0, 0.1) is 0 Å². The van der Waals surface area contributed by atoms with Crippen LogP contribution < -0.4 is 11.1 Å². The van der Waals surface area contributed by atoms with Crippen LogP contribution in [-0.4, -0.2) is 16.8 Å². The molecule has 0 saturated carbocycles. The highest BCUT2D eigenvalue weighted by Crippen LogP contribution is 2.26. The van der Waals surface area contributed by atoms with Gasteiger partial charge in [0, 0.05) is 17.5 Å². The Morgan fingerprint density at radius 2 is 1.86 bits per heavy atom. The van der Waals surface area contributed by atoms with E-state index < -0.39 is 5.91 Å². The van der Waals surface area contributed by atoms with E-state index in [0.29, 0.717) is 17.0 Å². The first-order chi connectivity index (χ1) is 10.3. The van der Waals surface area contributed by atoms with Gasteiger partial charge >= 0.3 is 0 Å². The maximum absolute atomic E-state index is 12.1. The molecule has 116 valence electrons. The van der Waals surface area contributed by atoms with Crippen molar-refractivity contribution in [3.05, 3.63) is 51.5 Å². The number of hydrogen-bond acceptors (Lipinski definition) is 4. The van der Waals surface area contributed by atoms with Gasteiger partial charge < -0.3 is 11.1 Å². The molecule has 0 spiro atoms. The van der Waals surface area contributed by atoms with Crippen LogP contribution in [0.2, 0.25) is 0 Å². The monoisotopic (exact) mass is 317 g/mol. The van der Waals surface area contributed by atoms with Crippen molar-refractivity contribution >= 4 is 23.2 Å². The van der Waals surface area contributed by atoms with Crippen LogP contribution in [0.1, 0.15) is 51.4 Å². The van der Waals surface area contributed by atoms with E-state index in [1.165, 1.54) is 11.3 Å². The predicted octanol–water partition coefficient (Wildman–Crippen LogP) is 2.47. The molecular weight excluding hydrogens is 298 g/mol. The summed E-state index contributed by atoms with van der Waals surface area (Å²) in [6, 6.07) is 6.84. The molecule has 3 N–H and O–H groups in total. The lowest BCUT2D eigenvalue weighted by Gasteiger charge is -2.13. The van der Waals surface area contributed by atoms with E-state index in [0.717, 1.165) is 10.6 Å². The Labute approximate surface area is 133 Å². The average Bonchev–Trinajstić information content (AvgIpc) is 2.95. The van der Waals surface area contributed by atoms with Crippen molar-refractivity contribution in [1.29, 1.82) is 0 Å². The SMILES string of the molecule is CC(C)(C)c1ncc(C(=O)NCc2ccc(C(N)=O)cc2)s1. The van der Waals surface area contributed by atoms with E-state index in [4.69, 9.17) is 5.73 Å². The third kappa shape index (κ3) is 3.92. The fourth-order valence-corrected chi connectivity index (χ4v) is 2.67. The summed E-state index contributed by atoms with van der Waals surface area (Å²) in [5, 5.41) is 3.78. The van der Waals surface area contributed by atoms with Gasteiger partial charge in [-0.25, -0.2) is 4.98 Å². The number of nitrogens with one attached hydrogen (secondary N) is 1. The smallest absolute Gasteiger partial charge is 0.263 e. The second-order valence-electron chi connectivity index (χ2n) is 6.02. The Balaban J connectivity index is 1.98. The second-order valence-corrected chi connectivity index (χ2v) is 7.05. The quantitative estimate of drug-likeness (QED) is 0.908. The summed E-state index contributed by atoms with van der Waals surface area (Å²) in [4.78, 5) is 28.0. The fraction of sp³-hybridized carbons (Fsp3) is 0.312. The summed E-state index contributed by atoms with van der Waals surface area (Å²) in [5.74, 6) is -0.609. The van der Waals surface area contributed by atoms with E-state index in [2.05, 4.69) is 31.1 Å². The number of nitrogens with zero attached hydrogens (tertiary/aromatic N) is 1. The zero-order valence-corrected chi connectivity index (χ0v) is 13.7. The minimum atomic E-state index is -0.463. The molecule has 0 saturated heterocycles. The number of aromatic nitrogens is 1. The predicted molar refractivity (Wildman–Crippen MR) is 86.9 cm³/mol. The maximum Gasteiger partial charge on any atom is 0.263 e.